The van der Waals surface area contributed by atoms with E-state index in [-0.39, 0.29) is 11.8 Å². The van der Waals surface area contributed by atoms with Crippen molar-refractivity contribution in [2.45, 2.75) is 12.8 Å². The van der Waals surface area contributed by atoms with E-state index in [0.717, 1.165) is 6.42 Å². The molecule has 1 saturated heterocycles. The predicted molar refractivity (Wildman–Crippen MR) is 31.3 cm³/mol. The number of amides is 1. The molecule has 0 saturated carbocycles. The molecule has 0 aromatic rings. The number of piperidine rings is 1. The molecule has 0 bridgehead atoms. The van der Waals surface area contributed by atoms with Gasteiger partial charge in [0.15, 0.2) is 0 Å². The van der Waals surface area contributed by atoms with Crippen molar-refractivity contribution in [3.8, 4) is 6.07 Å². The van der Waals surface area contributed by atoms with Crippen LogP contribution in [0.25, 0.3) is 0 Å². The van der Waals surface area contributed by atoms with E-state index in [0.29, 0.717) is 13.0 Å². The van der Waals surface area contributed by atoms with Crippen LogP contribution in [0.2, 0.25) is 0 Å². The Labute approximate surface area is 53.7 Å². The number of nitrogens with one attached hydrogen (secondary N) is 1. The van der Waals surface area contributed by atoms with Gasteiger partial charge in [0.25, 0.3) is 0 Å². The molecule has 1 fully saturated rings. The molecule has 1 heterocycles. The number of carbonyl (C=O) groups is 1. The molecule has 1 unspecified atom stereocenters. The third-order valence-corrected chi connectivity index (χ3v) is 1.45. The second-order valence-electron chi connectivity index (χ2n) is 2.17. The first-order chi connectivity index (χ1) is 4.33. The van der Waals surface area contributed by atoms with Crippen LogP contribution in [0.15, 0.2) is 0 Å². The molecule has 0 aliphatic carbocycles. The zero-order valence-electron chi connectivity index (χ0n) is 5.05. The van der Waals surface area contributed by atoms with Gasteiger partial charge in [-0.1, -0.05) is 0 Å². The first-order valence-electron chi connectivity index (χ1n) is 2.99. The lowest BCUT2D eigenvalue weighted by Gasteiger charge is -2.15. The van der Waals surface area contributed by atoms with Crippen molar-refractivity contribution in [2.75, 3.05) is 6.54 Å². The molecule has 3 heteroatoms. The molecule has 0 spiro atoms. The molecule has 48 valence electrons. The fraction of sp³-hybridized carbons (Fsp3) is 0.667. The van der Waals surface area contributed by atoms with Crippen LogP contribution in [0.3, 0.4) is 0 Å². The van der Waals surface area contributed by atoms with Crippen molar-refractivity contribution < 1.29 is 4.79 Å². The van der Waals surface area contributed by atoms with Gasteiger partial charge >= 0.3 is 0 Å². The summed E-state index contributed by atoms with van der Waals surface area (Å²) in [5, 5.41) is 11.0. The quantitative estimate of drug-likeness (QED) is 0.495. The Morgan fingerprint density at radius 1 is 1.78 bits per heavy atom. The van der Waals surface area contributed by atoms with E-state index in [1.807, 2.05) is 0 Å². The highest BCUT2D eigenvalue weighted by Gasteiger charge is 2.16. The zero-order chi connectivity index (χ0) is 6.69. The molecule has 1 amide bonds. The van der Waals surface area contributed by atoms with Gasteiger partial charge in [-0.25, -0.2) is 0 Å². The predicted octanol–water partition coefficient (Wildman–Crippen LogP) is 0.0362. The first-order valence-corrected chi connectivity index (χ1v) is 2.99. The largest absolute Gasteiger partial charge is 0.355 e. The Bertz CT molecular complexity index is 149. The van der Waals surface area contributed by atoms with Crippen molar-refractivity contribution >= 4 is 5.91 Å². The Morgan fingerprint density at radius 3 is 3.00 bits per heavy atom. The lowest BCUT2D eigenvalue weighted by molar-refractivity contribution is -0.122. The normalized spacial score (nSPS) is 26.6. The van der Waals surface area contributed by atoms with Gasteiger partial charge in [-0.2, -0.15) is 5.26 Å². The number of nitrogens with zero attached hydrogens (tertiary/aromatic N) is 1. The summed E-state index contributed by atoms with van der Waals surface area (Å²) in [5.74, 6) is 0.115. The van der Waals surface area contributed by atoms with E-state index in [4.69, 9.17) is 5.26 Å². The standard InChI is InChI=1S/C6H8N2O/c7-3-5-1-2-6(9)8-4-5/h5H,1-2,4H2,(H,8,9). The average molecular weight is 124 g/mol. The SMILES string of the molecule is N#CC1CCC(=O)NC1. The molecule has 1 aliphatic heterocycles. The van der Waals surface area contributed by atoms with Crippen LogP contribution >= 0.6 is 0 Å². The van der Waals surface area contributed by atoms with Crippen molar-refractivity contribution in [1.29, 1.82) is 5.26 Å². The molecule has 1 N–H and O–H groups in total. The summed E-state index contributed by atoms with van der Waals surface area (Å²) in [6, 6.07) is 2.11. The summed E-state index contributed by atoms with van der Waals surface area (Å²) < 4.78 is 0. The van der Waals surface area contributed by atoms with E-state index in [2.05, 4.69) is 11.4 Å². The number of carbonyl (C=O) groups excluding carboxylic acids is 1. The van der Waals surface area contributed by atoms with Crippen molar-refractivity contribution in [3.63, 3.8) is 0 Å². The molecule has 9 heavy (non-hydrogen) atoms. The minimum Gasteiger partial charge on any atom is -0.355 e. The number of rotatable bonds is 0. The molecule has 3 nitrogen and oxygen atoms in total. The van der Waals surface area contributed by atoms with Gasteiger partial charge in [-0.15, -0.1) is 0 Å². The molecule has 0 aromatic heterocycles. The molecule has 0 radical (unpaired) electrons. The monoisotopic (exact) mass is 124 g/mol. The maximum Gasteiger partial charge on any atom is 0.220 e. The highest BCUT2D eigenvalue weighted by molar-refractivity contribution is 5.76. The topological polar surface area (TPSA) is 52.9 Å². The maximum absolute atomic E-state index is 10.5. The highest BCUT2D eigenvalue weighted by Crippen LogP contribution is 2.08. The Hall–Kier alpha value is -1.04. The Morgan fingerprint density at radius 2 is 2.56 bits per heavy atom. The lowest BCUT2D eigenvalue weighted by Crippen LogP contribution is -2.34. The summed E-state index contributed by atoms with van der Waals surface area (Å²) in [7, 11) is 0. The minimum atomic E-state index is 0.0442. The molecule has 0 aromatic carbocycles. The van der Waals surface area contributed by atoms with Gasteiger partial charge in [-0.3, -0.25) is 4.79 Å². The van der Waals surface area contributed by atoms with Crippen LogP contribution in [0.4, 0.5) is 0 Å². The van der Waals surface area contributed by atoms with Gasteiger partial charge in [-0.05, 0) is 6.42 Å². The first kappa shape index (κ1) is 6.09. The third-order valence-electron chi connectivity index (χ3n) is 1.45. The molecule has 1 aliphatic rings. The fourth-order valence-electron chi connectivity index (χ4n) is 0.843. The second-order valence-corrected chi connectivity index (χ2v) is 2.17. The minimum absolute atomic E-state index is 0.0442. The number of hydrogen-bond donors (Lipinski definition) is 1. The van der Waals surface area contributed by atoms with E-state index in [1.54, 1.807) is 0 Å². The van der Waals surface area contributed by atoms with Gasteiger partial charge in [0, 0.05) is 13.0 Å². The second kappa shape index (κ2) is 2.49. The summed E-state index contributed by atoms with van der Waals surface area (Å²) in [5.41, 5.74) is 0. The van der Waals surface area contributed by atoms with E-state index in [1.165, 1.54) is 0 Å². The van der Waals surface area contributed by atoms with Crippen molar-refractivity contribution in [1.82, 2.24) is 5.32 Å². The summed E-state index contributed by atoms with van der Waals surface area (Å²) in [6.07, 6.45) is 1.24. The summed E-state index contributed by atoms with van der Waals surface area (Å²) >= 11 is 0. The maximum atomic E-state index is 10.5. The molecule has 1 rings (SSSR count). The fourth-order valence-corrected chi connectivity index (χ4v) is 0.843. The molecular weight excluding hydrogens is 116 g/mol. The number of hydrogen-bond acceptors (Lipinski definition) is 2. The van der Waals surface area contributed by atoms with Gasteiger partial charge < -0.3 is 5.32 Å². The molecular formula is C6H8N2O. The average Bonchev–Trinajstić information content (AvgIpc) is 1.90. The summed E-state index contributed by atoms with van der Waals surface area (Å²) in [4.78, 5) is 10.5. The smallest absolute Gasteiger partial charge is 0.220 e. The molecule has 1 atom stereocenters. The Balaban J connectivity index is 2.37. The van der Waals surface area contributed by atoms with Gasteiger partial charge in [0.05, 0.1) is 12.0 Å². The van der Waals surface area contributed by atoms with Crippen LogP contribution in [0.5, 0.6) is 0 Å². The third kappa shape index (κ3) is 1.43. The Kier molecular flexibility index (Phi) is 1.69. The van der Waals surface area contributed by atoms with Crippen LogP contribution in [0.1, 0.15) is 12.8 Å². The van der Waals surface area contributed by atoms with E-state index in [9.17, 15) is 4.79 Å². The van der Waals surface area contributed by atoms with Crippen molar-refractivity contribution in [3.05, 3.63) is 0 Å². The van der Waals surface area contributed by atoms with Crippen LogP contribution in [-0.2, 0) is 4.79 Å². The van der Waals surface area contributed by atoms with Crippen LogP contribution < -0.4 is 5.32 Å². The lowest BCUT2D eigenvalue weighted by atomic mass is 10.0. The zero-order valence-corrected chi connectivity index (χ0v) is 5.05. The van der Waals surface area contributed by atoms with Crippen LogP contribution in [0, 0.1) is 17.2 Å². The summed E-state index contributed by atoms with van der Waals surface area (Å²) in [6.45, 7) is 0.537. The number of nitriles is 1. The van der Waals surface area contributed by atoms with Crippen molar-refractivity contribution in [2.24, 2.45) is 5.92 Å². The van der Waals surface area contributed by atoms with Crippen LogP contribution in [-0.4, -0.2) is 12.5 Å². The van der Waals surface area contributed by atoms with E-state index >= 15 is 0 Å². The highest BCUT2D eigenvalue weighted by atomic mass is 16.1. The van der Waals surface area contributed by atoms with Gasteiger partial charge in [0.1, 0.15) is 0 Å². The van der Waals surface area contributed by atoms with Gasteiger partial charge in [0.2, 0.25) is 5.91 Å². The van der Waals surface area contributed by atoms with E-state index < -0.39 is 0 Å².